The first-order chi connectivity index (χ1) is 8.18. The summed E-state index contributed by atoms with van der Waals surface area (Å²) in [5.74, 6) is -0.349. The smallest absolute Gasteiger partial charge is 0.321 e. The monoisotopic (exact) mass is 236 g/mol. The van der Waals surface area contributed by atoms with Crippen molar-refractivity contribution < 1.29 is 9.18 Å². The lowest BCUT2D eigenvalue weighted by Gasteiger charge is -2.26. The van der Waals surface area contributed by atoms with Crippen LogP contribution in [0.4, 0.5) is 14.9 Å². The van der Waals surface area contributed by atoms with Gasteiger partial charge in [-0.1, -0.05) is 12.1 Å². The molecule has 0 bridgehead atoms. The Morgan fingerprint density at radius 2 is 2.00 bits per heavy atom. The van der Waals surface area contributed by atoms with Crippen LogP contribution >= 0.6 is 0 Å². The van der Waals surface area contributed by atoms with Crippen LogP contribution in [0.3, 0.4) is 0 Å². The van der Waals surface area contributed by atoms with Gasteiger partial charge < -0.3 is 10.2 Å². The first-order valence-corrected chi connectivity index (χ1v) is 5.99. The highest BCUT2D eigenvalue weighted by atomic mass is 19.1. The Hall–Kier alpha value is -1.58. The van der Waals surface area contributed by atoms with Gasteiger partial charge in [0.25, 0.3) is 0 Å². The SMILES string of the molecule is Cc1cccc(NC(=O)N2CCCCC2)c1F. The number of nitrogens with one attached hydrogen (secondary N) is 1. The number of rotatable bonds is 1. The van der Waals surface area contributed by atoms with E-state index >= 15 is 0 Å². The number of piperidine rings is 1. The van der Waals surface area contributed by atoms with Gasteiger partial charge in [0.15, 0.2) is 0 Å². The van der Waals surface area contributed by atoms with Gasteiger partial charge in [-0.05, 0) is 37.8 Å². The highest BCUT2D eigenvalue weighted by Crippen LogP contribution is 2.18. The van der Waals surface area contributed by atoms with E-state index in [4.69, 9.17) is 0 Å². The van der Waals surface area contributed by atoms with E-state index in [0.29, 0.717) is 5.56 Å². The van der Waals surface area contributed by atoms with Crippen molar-refractivity contribution in [1.29, 1.82) is 0 Å². The second-order valence-corrected chi connectivity index (χ2v) is 4.41. The summed E-state index contributed by atoms with van der Waals surface area (Å²) >= 11 is 0. The quantitative estimate of drug-likeness (QED) is 0.798. The van der Waals surface area contributed by atoms with Crippen LogP contribution in [0.15, 0.2) is 18.2 Å². The fourth-order valence-electron chi connectivity index (χ4n) is 2.04. The molecule has 0 atom stereocenters. The number of anilines is 1. The Balaban J connectivity index is 2.04. The Kier molecular flexibility index (Phi) is 3.61. The molecule has 1 aromatic carbocycles. The molecule has 0 aliphatic carbocycles. The Morgan fingerprint density at radius 3 is 2.71 bits per heavy atom. The van der Waals surface area contributed by atoms with Crippen LogP contribution in [0, 0.1) is 12.7 Å². The van der Waals surface area contributed by atoms with Gasteiger partial charge in [0.1, 0.15) is 5.82 Å². The van der Waals surface area contributed by atoms with Crippen LogP contribution in [-0.2, 0) is 0 Å². The van der Waals surface area contributed by atoms with Crippen LogP contribution in [0.1, 0.15) is 24.8 Å². The minimum absolute atomic E-state index is 0.200. The maximum atomic E-state index is 13.7. The third kappa shape index (κ3) is 2.75. The summed E-state index contributed by atoms with van der Waals surface area (Å²) in [5, 5.41) is 2.63. The third-order valence-electron chi connectivity index (χ3n) is 3.08. The molecule has 1 aliphatic rings. The van der Waals surface area contributed by atoms with Gasteiger partial charge in [-0.25, -0.2) is 9.18 Å². The van der Waals surface area contributed by atoms with Crippen molar-refractivity contribution in [3.8, 4) is 0 Å². The second kappa shape index (κ2) is 5.17. The number of benzene rings is 1. The molecular weight excluding hydrogens is 219 g/mol. The van der Waals surface area contributed by atoms with Crippen LogP contribution < -0.4 is 5.32 Å². The van der Waals surface area contributed by atoms with Crippen molar-refractivity contribution in [2.24, 2.45) is 0 Å². The third-order valence-corrected chi connectivity index (χ3v) is 3.08. The minimum Gasteiger partial charge on any atom is -0.325 e. The molecule has 1 aliphatic heterocycles. The zero-order chi connectivity index (χ0) is 12.3. The van der Waals surface area contributed by atoms with Crippen molar-refractivity contribution in [1.82, 2.24) is 4.90 Å². The van der Waals surface area contributed by atoms with E-state index in [2.05, 4.69) is 5.32 Å². The predicted octanol–water partition coefficient (Wildman–Crippen LogP) is 3.15. The van der Waals surface area contributed by atoms with Gasteiger partial charge in [-0.15, -0.1) is 0 Å². The summed E-state index contributed by atoms with van der Waals surface area (Å²) in [6.07, 6.45) is 3.23. The number of amides is 2. The van der Waals surface area contributed by atoms with Gasteiger partial charge >= 0.3 is 6.03 Å². The maximum Gasteiger partial charge on any atom is 0.321 e. The molecule has 2 amide bonds. The molecule has 1 N–H and O–H groups in total. The van der Waals surface area contributed by atoms with Gasteiger partial charge in [0.05, 0.1) is 5.69 Å². The van der Waals surface area contributed by atoms with Crippen molar-refractivity contribution >= 4 is 11.7 Å². The Labute approximate surface area is 101 Å². The fourth-order valence-corrected chi connectivity index (χ4v) is 2.04. The molecule has 0 aromatic heterocycles. The van der Waals surface area contributed by atoms with E-state index in [1.54, 1.807) is 30.0 Å². The lowest BCUT2D eigenvalue weighted by molar-refractivity contribution is 0.200. The van der Waals surface area contributed by atoms with E-state index < -0.39 is 0 Å². The molecule has 1 heterocycles. The highest BCUT2D eigenvalue weighted by Gasteiger charge is 2.17. The largest absolute Gasteiger partial charge is 0.325 e. The fraction of sp³-hybridized carbons (Fsp3) is 0.462. The van der Waals surface area contributed by atoms with Crippen molar-refractivity contribution in [2.45, 2.75) is 26.2 Å². The average molecular weight is 236 g/mol. The molecule has 4 heteroatoms. The Bertz CT molecular complexity index is 414. The van der Waals surface area contributed by atoms with Crippen LogP contribution in [0.25, 0.3) is 0 Å². The molecule has 0 saturated carbocycles. The van der Waals surface area contributed by atoms with Gasteiger partial charge in [-0.2, -0.15) is 0 Å². The summed E-state index contributed by atoms with van der Waals surface area (Å²) < 4.78 is 13.7. The molecule has 3 nitrogen and oxygen atoms in total. The van der Waals surface area contributed by atoms with E-state index in [-0.39, 0.29) is 17.5 Å². The molecule has 92 valence electrons. The molecule has 17 heavy (non-hydrogen) atoms. The average Bonchev–Trinajstić information content (AvgIpc) is 2.36. The summed E-state index contributed by atoms with van der Waals surface area (Å²) in [5.41, 5.74) is 0.807. The minimum atomic E-state index is -0.349. The molecule has 2 rings (SSSR count). The number of hydrogen-bond acceptors (Lipinski definition) is 1. The number of urea groups is 1. The van der Waals surface area contributed by atoms with E-state index in [0.717, 1.165) is 25.9 Å². The number of carbonyl (C=O) groups excluding carboxylic acids is 1. The first kappa shape index (κ1) is 11.9. The molecule has 0 unspecified atom stereocenters. The van der Waals surface area contributed by atoms with Gasteiger partial charge in [-0.3, -0.25) is 0 Å². The van der Waals surface area contributed by atoms with Gasteiger partial charge in [0.2, 0.25) is 0 Å². The van der Waals surface area contributed by atoms with Gasteiger partial charge in [0, 0.05) is 13.1 Å². The number of halogens is 1. The van der Waals surface area contributed by atoms with E-state index in [1.807, 2.05) is 0 Å². The lowest BCUT2D eigenvalue weighted by atomic mass is 10.1. The standard InChI is InChI=1S/C13H17FN2O/c1-10-6-5-7-11(12(10)14)15-13(17)16-8-3-2-4-9-16/h5-7H,2-4,8-9H2,1H3,(H,15,17). The molecule has 1 saturated heterocycles. The topological polar surface area (TPSA) is 32.3 Å². The molecule has 0 radical (unpaired) electrons. The summed E-state index contributed by atoms with van der Waals surface area (Å²) in [6, 6.07) is 4.81. The first-order valence-electron chi connectivity index (χ1n) is 5.99. The number of likely N-dealkylation sites (tertiary alicyclic amines) is 1. The Morgan fingerprint density at radius 1 is 1.29 bits per heavy atom. The number of carbonyl (C=O) groups is 1. The lowest BCUT2D eigenvalue weighted by Crippen LogP contribution is -2.38. The summed E-state index contributed by atoms with van der Waals surface area (Å²) in [4.78, 5) is 13.6. The second-order valence-electron chi connectivity index (χ2n) is 4.41. The normalized spacial score (nSPS) is 15.8. The maximum absolute atomic E-state index is 13.7. The molecule has 1 aromatic rings. The zero-order valence-corrected chi connectivity index (χ0v) is 10.0. The van der Waals surface area contributed by atoms with Crippen LogP contribution in [-0.4, -0.2) is 24.0 Å². The van der Waals surface area contributed by atoms with E-state index in [1.165, 1.54) is 6.42 Å². The summed E-state index contributed by atoms with van der Waals surface area (Å²) in [6.45, 7) is 3.21. The number of hydrogen-bond donors (Lipinski definition) is 1. The molecular formula is C13H17FN2O. The van der Waals surface area contributed by atoms with Crippen molar-refractivity contribution in [2.75, 3.05) is 18.4 Å². The van der Waals surface area contributed by atoms with Crippen LogP contribution in [0.5, 0.6) is 0 Å². The number of nitrogens with zero attached hydrogens (tertiary/aromatic N) is 1. The molecule has 0 spiro atoms. The zero-order valence-electron chi connectivity index (χ0n) is 10.0. The highest BCUT2D eigenvalue weighted by molar-refractivity contribution is 5.89. The van der Waals surface area contributed by atoms with Crippen molar-refractivity contribution in [3.63, 3.8) is 0 Å². The predicted molar refractivity (Wildman–Crippen MR) is 65.6 cm³/mol. The molecule has 1 fully saturated rings. The number of aryl methyl sites for hydroxylation is 1. The summed E-state index contributed by atoms with van der Waals surface area (Å²) in [7, 11) is 0. The van der Waals surface area contributed by atoms with Crippen molar-refractivity contribution in [3.05, 3.63) is 29.6 Å². The van der Waals surface area contributed by atoms with E-state index in [9.17, 15) is 9.18 Å². The van der Waals surface area contributed by atoms with Crippen LogP contribution in [0.2, 0.25) is 0 Å².